The van der Waals surface area contributed by atoms with Crippen LogP contribution in [0, 0.1) is 17.1 Å². The second-order valence-electron chi connectivity index (χ2n) is 4.26. The molecule has 0 saturated carbocycles. The highest BCUT2D eigenvalue weighted by Crippen LogP contribution is 2.29. The first kappa shape index (κ1) is 14.3. The fraction of sp³-hybridized carbons (Fsp3) is 0.0667. The number of ether oxygens (including phenoxy) is 1. The van der Waals surface area contributed by atoms with Gasteiger partial charge in [-0.25, -0.2) is 9.18 Å². The van der Waals surface area contributed by atoms with Gasteiger partial charge in [-0.1, -0.05) is 12.1 Å². The van der Waals surface area contributed by atoms with Gasteiger partial charge in [0.2, 0.25) is 0 Å². The number of hydrogen-bond acceptors (Lipinski definition) is 4. The summed E-state index contributed by atoms with van der Waals surface area (Å²) in [6.07, 6.45) is 0.264. The zero-order valence-corrected chi connectivity index (χ0v) is 10.8. The van der Waals surface area contributed by atoms with E-state index in [4.69, 9.17) is 20.8 Å². The van der Waals surface area contributed by atoms with Crippen LogP contribution in [0.2, 0.25) is 0 Å². The molecule has 106 valence electrons. The molecule has 0 aliphatic rings. The van der Waals surface area contributed by atoms with Gasteiger partial charge in [-0.15, -0.1) is 0 Å². The van der Waals surface area contributed by atoms with E-state index in [1.807, 2.05) is 6.07 Å². The van der Waals surface area contributed by atoms with Crippen LogP contribution in [0.3, 0.4) is 0 Å². The third kappa shape index (κ3) is 3.28. The number of aromatic carboxylic acids is 1. The van der Waals surface area contributed by atoms with Crippen molar-refractivity contribution in [3.63, 3.8) is 0 Å². The molecule has 21 heavy (non-hydrogen) atoms. The third-order valence-corrected chi connectivity index (χ3v) is 2.77. The predicted octanol–water partition coefficient (Wildman–Crippen LogP) is 2.96. The Morgan fingerprint density at radius 3 is 2.57 bits per heavy atom. The maximum Gasteiger partial charge on any atom is 0.337 e. The summed E-state index contributed by atoms with van der Waals surface area (Å²) in [4.78, 5) is 11.0. The van der Waals surface area contributed by atoms with E-state index in [1.165, 1.54) is 0 Å². The van der Waals surface area contributed by atoms with Gasteiger partial charge in [-0.05, 0) is 17.7 Å². The van der Waals surface area contributed by atoms with Crippen molar-refractivity contribution in [3.8, 4) is 17.6 Å². The summed E-state index contributed by atoms with van der Waals surface area (Å²) < 4.78 is 19.0. The Morgan fingerprint density at radius 2 is 2.00 bits per heavy atom. The molecule has 0 radical (unpaired) electrons. The van der Waals surface area contributed by atoms with E-state index in [2.05, 4.69) is 0 Å². The molecular formula is C15H11FN2O3. The van der Waals surface area contributed by atoms with E-state index in [0.29, 0.717) is 5.75 Å². The number of hydrogen-bond donors (Lipinski definition) is 2. The summed E-state index contributed by atoms with van der Waals surface area (Å²) in [6, 6.07) is 10.4. The average molecular weight is 286 g/mol. The fourth-order valence-electron chi connectivity index (χ4n) is 1.73. The van der Waals surface area contributed by atoms with E-state index in [-0.39, 0.29) is 23.4 Å². The molecule has 0 amide bonds. The smallest absolute Gasteiger partial charge is 0.337 e. The van der Waals surface area contributed by atoms with Crippen molar-refractivity contribution < 1.29 is 19.0 Å². The Balaban J connectivity index is 2.29. The third-order valence-electron chi connectivity index (χ3n) is 2.77. The van der Waals surface area contributed by atoms with Gasteiger partial charge < -0.3 is 15.6 Å². The lowest BCUT2D eigenvalue weighted by Crippen LogP contribution is -2.04. The van der Waals surface area contributed by atoms with Gasteiger partial charge in [-0.3, -0.25) is 0 Å². The van der Waals surface area contributed by atoms with Crippen molar-refractivity contribution in [1.29, 1.82) is 5.26 Å². The van der Waals surface area contributed by atoms with Crippen LogP contribution in [0.1, 0.15) is 15.9 Å². The summed E-state index contributed by atoms with van der Waals surface area (Å²) in [5.41, 5.74) is 5.83. The lowest BCUT2D eigenvalue weighted by atomic mass is 10.1. The molecule has 0 aliphatic carbocycles. The molecule has 0 unspecified atom stereocenters. The number of nitriles is 1. The quantitative estimate of drug-likeness (QED) is 0.842. The molecule has 0 atom stereocenters. The molecule has 2 rings (SSSR count). The molecule has 5 nitrogen and oxygen atoms in total. The monoisotopic (exact) mass is 286 g/mol. The minimum atomic E-state index is -1.26. The first-order chi connectivity index (χ1) is 10.0. The number of carboxylic acid groups (broad SMARTS) is 1. The maximum absolute atomic E-state index is 13.7. The molecule has 0 saturated heterocycles. The first-order valence-electron chi connectivity index (χ1n) is 5.97. The summed E-state index contributed by atoms with van der Waals surface area (Å²) >= 11 is 0. The van der Waals surface area contributed by atoms with Gasteiger partial charge in [0.25, 0.3) is 0 Å². The summed E-state index contributed by atoms with van der Waals surface area (Å²) in [6.45, 7) is 0. The van der Waals surface area contributed by atoms with Gasteiger partial charge in [0.1, 0.15) is 5.75 Å². The summed E-state index contributed by atoms with van der Waals surface area (Å²) in [7, 11) is 0. The van der Waals surface area contributed by atoms with Gasteiger partial charge in [-0.2, -0.15) is 5.26 Å². The number of carbonyl (C=O) groups is 1. The van der Waals surface area contributed by atoms with Crippen molar-refractivity contribution >= 4 is 11.7 Å². The second-order valence-corrected chi connectivity index (χ2v) is 4.26. The molecule has 2 aromatic rings. The molecular weight excluding hydrogens is 275 g/mol. The Hall–Kier alpha value is -3.07. The SMILES string of the molecule is N#CCc1ccc(Oc2cc(C(=O)O)c(N)cc2F)cc1. The van der Waals surface area contributed by atoms with Crippen molar-refractivity contribution in [1.82, 2.24) is 0 Å². The Morgan fingerprint density at radius 1 is 1.33 bits per heavy atom. The van der Waals surface area contributed by atoms with Crippen LogP contribution in [0.4, 0.5) is 10.1 Å². The highest BCUT2D eigenvalue weighted by molar-refractivity contribution is 5.94. The van der Waals surface area contributed by atoms with Crippen LogP contribution in [-0.2, 0) is 6.42 Å². The highest BCUT2D eigenvalue weighted by Gasteiger charge is 2.14. The van der Waals surface area contributed by atoms with E-state index < -0.39 is 11.8 Å². The van der Waals surface area contributed by atoms with Gasteiger partial charge in [0.05, 0.1) is 18.1 Å². The number of nitrogens with zero attached hydrogens (tertiary/aromatic N) is 1. The Labute approximate surface area is 120 Å². The number of carboxylic acids is 1. The van der Waals surface area contributed by atoms with Gasteiger partial charge in [0.15, 0.2) is 11.6 Å². The lowest BCUT2D eigenvalue weighted by molar-refractivity contribution is 0.0697. The minimum absolute atomic E-state index is 0.170. The molecule has 0 aliphatic heterocycles. The normalized spacial score (nSPS) is 9.90. The molecule has 0 spiro atoms. The summed E-state index contributed by atoms with van der Waals surface area (Å²) in [5.74, 6) is -1.91. The number of rotatable bonds is 4. The molecule has 0 fully saturated rings. The standard InChI is InChI=1S/C15H11FN2O3/c16-12-8-13(18)11(15(19)20)7-14(12)21-10-3-1-9(2-4-10)5-6-17/h1-4,7-8H,5,18H2,(H,19,20). The molecule has 6 heteroatoms. The number of halogens is 1. The maximum atomic E-state index is 13.7. The van der Waals surface area contributed by atoms with Crippen molar-refractivity contribution in [2.45, 2.75) is 6.42 Å². The van der Waals surface area contributed by atoms with Gasteiger partial charge >= 0.3 is 5.97 Å². The van der Waals surface area contributed by atoms with Crippen LogP contribution in [-0.4, -0.2) is 11.1 Å². The molecule has 3 N–H and O–H groups in total. The van der Waals surface area contributed by atoms with Crippen molar-refractivity contribution in [2.24, 2.45) is 0 Å². The zero-order valence-electron chi connectivity index (χ0n) is 10.8. The lowest BCUT2D eigenvalue weighted by Gasteiger charge is -2.09. The Bertz CT molecular complexity index is 721. The molecule has 0 bridgehead atoms. The van der Waals surface area contributed by atoms with Crippen LogP contribution in [0.5, 0.6) is 11.5 Å². The highest BCUT2D eigenvalue weighted by atomic mass is 19.1. The average Bonchev–Trinajstić information content (AvgIpc) is 2.43. The van der Waals surface area contributed by atoms with Crippen LogP contribution < -0.4 is 10.5 Å². The van der Waals surface area contributed by atoms with Crippen molar-refractivity contribution in [3.05, 3.63) is 53.3 Å². The topological polar surface area (TPSA) is 96.3 Å². The van der Waals surface area contributed by atoms with E-state index in [0.717, 1.165) is 17.7 Å². The van der Waals surface area contributed by atoms with E-state index in [1.54, 1.807) is 24.3 Å². The molecule has 0 heterocycles. The first-order valence-corrected chi connectivity index (χ1v) is 5.97. The summed E-state index contributed by atoms with van der Waals surface area (Å²) in [5, 5.41) is 17.5. The predicted molar refractivity (Wildman–Crippen MR) is 73.6 cm³/mol. The zero-order chi connectivity index (χ0) is 15.4. The Kier molecular flexibility index (Phi) is 4.05. The number of anilines is 1. The fourth-order valence-corrected chi connectivity index (χ4v) is 1.73. The number of nitrogens with two attached hydrogens (primary N) is 1. The van der Waals surface area contributed by atoms with Crippen LogP contribution in [0.15, 0.2) is 36.4 Å². The largest absolute Gasteiger partial charge is 0.478 e. The number of benzene rings is 2. The van der Waals surface area contributed by atoms with Crippen LogP contribution in [0.25, 0.3) is 0 Å². The van der Waals surface area contributed by atoms with Crippen LogP contribution >= 0.6 is 0 Å². The molecule has 2 aromatic carbocycles. The van der Waals surface area contributed by atoms with E-state index >= 15 is 0 Å². The van der Waals surface area contributed by atoms with E-state index in [9.17, 15) is 9.18 Å². The van der Waals surface area contributed by atoms with Gasteiger partial charge in [0, 0.05) is 17.8 Å². The number of nitrogen functional groups attached to an aromatic ring is 1. The van der Waals surface area contributed by atoms with Crippen molar-refractivity contribution in [2.75, 3.05) is 5.73 Å². The second kappa shape index (κ2) is 5.92. The molecule has 0 aromatic heterocycles. The minimum Gasteiger partial charge on any atom is -0.478 e.